The molecule has 1 aromatic carbocycles. The van der Waals surface area contributed by atoms with Crippen LogP contribution in [0.25, 0.3) is 10.8 Å². The van der Waals surface area contributed by atoms with E-state index in [1.54, 1.807) is 0 Å². The molecule has 2 N–H and O–H groups in total. The predicted octanol–water partition coefficient (Wildman–Crippen LogP) is 3.05. The van der Waals surface area contributed by atoms with Gasteiger partial charge >= 0.3 is 0 Å². The Bertz CT molecular complexity index is 543. The van der Waals surface area contributed by atoms with Crippen LogP contribution in [0.2, 0.25) is 0 Å². The van der Waals surface area contributed by atoms with E-state index in [4.69, 9.17) is 5.73 Å². The van der Waals surface area contributed by atoms with E-state index < -0.39 is 0 Å². The van der Waals surface area contributed by atoms with Crippen LogP contribution in [-0.2, 0) is 0 Å². The van der Waals surface area contributed by atoms with E-state index in [1.165, 1.54) is 10.8 Å². The molecular formula is C16H23N3. The van der Waals surface area contributed by atoms with Crippen LogP contribution < -0.4 is 10.6 Å². The Morgan fingerprint density at radius 2 is 1.95 bits per heavy atom. The Hall–Kier alpha value is -1.61. The molecule has 19 heavy (non-hydrogen) atoms. The lowest BCUT2D eigenvalue weighted by atomic mass is 9.93. The Morgan fingerprint density at radius 1 is 1.21 bits per heavy atom. The van der Waals surface area contributed by atoms with Crippen LogP contribution >= 0.6 is 0 Å². The third-order valence-corrected chi connectivity index (χ3v) is 3.51. The Balaban J connectivity index is 2.41. The fourth-order valence-electron chi connectivity index (χ4n) is 2.27. The summed E-state index contributed by atoms with van der Waals surface area (Å²) in [4.78, 5) is 6.90. The summed E-state index contributed by atoms with van der Waals surface area (Å²) < 4.78 is 0. The molecule has 0 fully saturated rings. The van der Waals surface area contributed by atoms with Crippen molar-refractivity contribution >= 4 is 16.6 Å². The first-order chi connectivity index (χ1) is 9.07. The Labute approximate surface area is 115 Å². The number of nitrogens with zero attached hydrogens (tertiary/aromatic N) is 2. The minimum Gasteiger partial charge on any atom is -0.356 e. The number of hydrogen-bond acceptors (Lipinski definition) is 3. The lowest BCUT2D eigenvalue weighted by Gasteiger charge is -2.32. The first kappa shape index (κ1) is 13.8. The van der Waals surface area contributed by atoms with Gasteiger partial charge in [-0.1, -0.05) is 38.1 Å². The van der Waals surface area contributed by atoms with Crippen LogP contribution in [0.3, 0.4) is 0 Å². The Morgan fingerprint density at radius 3 is 2.63 bits per heavy atom. The molecule has 0 saturated heterocycles. The summed E-state index contributed by atoms with van der Waals surface area (Å²) >= 11 is 0. The van der Waals surface area contributed by atoms with Crippen LogP contribution in [-0.4, -0.2) is 24.6 Å². The van der Waals surface area contributed by atoms with Crippen LogP contribution in [0, 0.1) is 5.41 Å². The standard InChI is InChI=1S/C16H23N3/c1-4-19(12-16(2,3)11-17)15-14-8-6-5-7-13(14)9-10-18-15/h5-10H,4,11-12,17H2,1-3H3. The summed E-state index contributed by atoms with van der Waals surface area (Å²) in [5, 5.41) is 2.44. The number of nitrogens with two attached hydrogens (primary N) is 1. The fourth-order valence-corrected chi connectivity index (χ4v) is 2.27. The average molecular weight is 257 g/mol. The van der Waals surface area contributed by atoms with Gasteiger partial charge in [0, 0.05) is 24.7 Å². The van der Waals surface area contributed by atoms with Crippen molar-refractivity contribution in [3.05, 3.63) is 36.5 Å². The largest absolute Gasteiger partial charge is 0.356 e. The molecule has 0 unspecified atom stereocenters. The van der Waals surface area contributed by atoms with Gasteiger partial charge in [-0.25, -0.2) is 4.98 Å². The van der Waals surface area contributed by atoms with Gasteiger partial charge in [-0.05, 0) is 30.3 Å². The van der Waals surface area contributed by atoms with Gasteiger partial charge < -0.3 is 10.6 Å². The lowest BCUT2D eigenvalue weighted by molar-refractivity contribution is 0.379. The summed E-state index contributed by atoms with van der Waals surface area (Å²) in [6, 6.07) is 10.4. The van der Waals surface area contributed by atoms with Gasteiger partial charge in [-0.3, -0.25) is 0 Å². The zero-order valence-electron chi connectivity index (χ0n) is 12.1. The number of rotatable bonds is 5. The van der Waals surface area contributed by atoms with Crippen molar-refractivity contribution in [1.82, 2.24) is 4.98 Å². The molecular weight excluding hydrogens is 234 g/mol. The van der Waals surface area contributed by atoms with E-state index in [0.717, 1.165) is 18.9 Å². The highest BCUT2D eigenvalue weighted by Gasteiger charge is 2.21. The second kappa shape index (κ2) is 5.57. The first-order valence-corrected chi connectivity index (χ1v) is 6.86. The number of anilines is 1. The third-order valence-electron chi connectivity index (χ3n) is 3.51. The zero-order valence-corrected chi connectivity index (χ0v) is 12.1. The van der Waals surface area contributed by atoms with E-state index in [-0.39, 0.29) is 5.41 Å². The monoisotopic (exact) mass is 257 g/mol. The summed E-state index contributed by atoms with van der Waals surface area (Å²) in [6.45, 7) is 9.08. The molecule has 0 atom stereocenters. The van der Waals surface area contributed by atoms with E-state index in [2.05, 4.69) is 61.0 Å². The lowest BCUT2D eigenvalue weighted by Crippen LogP contribution is -2.39. The molecule has 0 radical (unpaired) electrons. The molecule has 1 heterocycles. The highest BCUT2D eigenvalue weighted by molar-refractivity contribution is 5.92. The van der Waals surface area contributed by atoms with Gasteiger partial charge in [-0.15, -0.1) is 0 Å². The van der Waals surface area contributed by atoms with Crippen molar-refractivity contribution in [1.29, 1.82) is 0 Å². The molecule has 3 nitrogen and oxygen atoms in total. The molecule has 2 aromatic rings. The maximum Gasteiger partial charge on any atom is 0.136 e. The molecule has 2 rings (SSSR count). The first-order valence-electron chi connectivity index (χ1n) is 6.86. The van der Waals surface area contributed by atoms with E-state index in [9.17, 15) is 0 Å². The maximum atomic E-state index is 5.85. The minimum atomic E-state index is 0.0919. The van der Waals surface area contributed by atoms with Crippen molar-refractivity contribution in [2.75, 3.05) is 24.5 Å². The molecule has 0 amide bonds. The smallest absolute Gasteiger partial charge is 0.136 e. The predicted molar refractivity (Wildman–Crippen MR) is 82.5 cm³/mol. The van der Waals surface area contributed by atoms with Gasteiger partial charge in [0.05, 0.1) is 0 Å². The highest BCUT2D eigenvalue weighted by atomic mass is 15.2. The van der Waals surface area contributed by atoms with Gasteiger partial charge in [-0.2, -0.15) is 0 Å². The molecule has 1 aromatic heterocycles. The summed E-state index contributed by atoms with van der Waals surface area (Å²) in [6.07, 6.45) is 1.88. The molecule has 102 valence electrons. The van der Waals surface area contributed by atoms with Crippen molar-refractivity contribution in [2.24, 2.45) is 11.1 Å². The number of fused-ring (bicyclic) bond motifs is 1. The molecule has 0 aliphatic heterocycles. The molecule has 0 aliphatic rings. The zero-order chi connectivity index (χ0) is 13.9. The maximum absolute atomic E-state index is 5.85. The van der Waals surface area contributed by atoms with Gasteiger partial charge in [0.1, 0.15) is 5.82 Å². The van der Waals surface area contributed by atoms with Crippen LogP contribution in [0.15, 0.2) is 36.5 Å². The minimum absolute atomic E-state index is 0.0919. The molecule has 3 heteroatoms. The third kappa shape index (κ3) is 3.04. The SMILES string of the molecule is CCN(CC(C)(C)CN)c1nccc2ccccc12. The van der Waals surface area contributed by atoms with E-state index in [1.807, 2.05) is 6.20 Å². The Kier molecular flexibility index (Phi) is 4.05. The normalized spacial score (nSPS) is 11.8. The van der Waals surface area contributed by atoms with Gasteiger partial charge in [0.2, 0.25) is 0 Å². The molecule has 0 bridgehead atoms. The number of pyridine rings is 1. The number of hydrogen-bond donors (Lipinski definition) is 1. The van der Waals surface area contributed by atoms with Crippen molar-refractivity contribution in [3.8, 4) is 0 Å². The van der Waals surface area contributed by atoms with Crippen molar-refractivity contribution in [2.45, 2.75) is 20.8 Å². The quantitative estimate of drug-likeness (QED) is 0.895. The van der Waals surface area contributed by atoms with Crippen molar-refractivity contribution in [3.63, 3.8) is 0 Å². The van der Waals surface area contributed by atoms with E-state index >= 15 is 0 Å². The van der Waals surface area contributed by atoms with Crippen molar-refractivity contribution < 1.29 is 0 Å². The topological polar surface area (TPSA) is 42.1 Å². The van der Waals surface area contributed by atoms with E-state index in [0.29, 0.717) is 6.54 Å². The number of benzene rings is 1. The molecule has 0 spiro atoms. The second-order valence-corrected chi connectivity index (χ2v) is 5.74. The fraction of sp³-hybridized carbons (Fsp3) is 0.438. The summed E-state index contributed by atoms with van der Waals surface area (Å²) in [5.74, 6) is 1.06. The molecule has 0 aliphatic carbocycles. The number of aromatic nitrogens is 1. The summed E-state index contributed by atoms with van der Waals surface area (Å²) in [7, 11) is 0. The highest BCUT2D eigenvalue weighted by Crippen LogP contribution is 2.26. The van der Waals surface area contributed by atoms with Crippen LogP contribution in [0.5, 0.6) is 0 Å². The molecule has 0 saturated carbocycles. The van der Waals surface area contributed by atoms with Gasteiger partial charge in [0.15, 0.2) is 0 Å². The van der Waals surface area contributed by atoms with Crippen LogP contribution in [0.4, 0.5) is 5.82 Å². The van der Waals surface area contributed by atoms with Gasteiger partial charge in [0.25, 0.3) is 0 Å². The average Bonchev–Trinajstić information content (AvgIpc) is 2.44. The summed E-state index contributed by atoms with van der Waals surface area (Å²) in [5.41, 5.74) is 5.94. The second-order valence-electron chi connectivity index (χ2n) is 5.74. The van der Waals surface area contributed by atoms with Crippen LogP contribution in [0.1, 0.15) is 20.8 Å².